The van der Waals surface area contributed by atoms with Crippen molar-refractivity contribution < 1.29 is 14.3 Å². The lowest BCUT2D eigenvalue weighted by Gasteiger charge is -2.38. The molecule has 0 saturated carbocycles. The fourth-order valence-electron chi connectivity index (χ4n) is 5.66. The second-order valence-electron chi connectivity index (χ2n) is 11.2. The van der Waals surface area contributed by atoms with Crippen molar-refractivity contribution in [3.05, 3.63) is 119 Å². The predicted molar refractivity (Wildman–Crippen MR) is 179 cm³/mol. The quantitative estimate of drug-likeness (QED) is 0.195. The van der Waals surface area contributed by atoms with Crippen molar-refractivity contribution in [3.63, 3.8) is 0 Å². The van der Waals surface area contributed by atoms with Crippen LogP contribution in [0.2, 0.25) is 0 Å². The van der Waals surface area contributed by atoms with Crippen LogP contribution >= 0.6 is 0 Å². The average Bonchev–Trinajstić information content (AvgIpc) is 3.08. The average molecular weight is 591 g/mol. The number of aryl methyl sites for hydroxylation is 1. The van der Waals surface area contributed by atoms with Crippen LogP contribution < -0.4 is 25.2 Å². The summed E-state index contributed by atoms with van der Waals surface area (Å²) in [5, 5.41) is 6.18. The number of carbonyl (C=O) groups excluding carboxylic acids is 2. The van der Waals surface area contributed by atoms with Gasteiger partial charge in [-0.05, 0) is 73.4 Å². The second-order valence-corrected chi connectivity index (χ2v) is 11.2. The van der Waals surface area contributed by atoms with E-state index in [0.717, 1.165) is 68.1 Å². The van der Waals surface area contributed by atoms with Crippen LogP contribution in [0.15, 0.2) is 97.1 Å². The van der Waals surface area contributed by atoms with Gasteiger partial charge < -0.3 is 25.2 Å². The summed E-state index contributed by atoms with van der Waals surface area (Å²) in [5.41, 5.74) is 5.88. The number of rotatable bonds is 11. The first-order valence-corrected chi connectivity index (χ1v) is 15.5. The number of piperazine rings is 1. The van der Waals surface area contributed by atoms with Gasteiger partial charge in [0, 0.05) is 43.1 Å². The van der Waals surface area contributed by atoms with E-state index in [1.807, 2.05) is 91.9 Å². The Balaban J connectivity index is 1.36. The molecule has 0 aliphatic carbocycles. The lowest BCUT2D eigenvalue weighted by molar-refractivity contribution is 0.0939. The molecule has 1 aliphatic rings. The summed E-state index contributed by atoms with van der Waals surface area (Å²) in [5.74, 6) is 0.473. The van der Waals surface area contributed by atoms with Crippen LogP contribution in [0, 0.1) is 0 Å². The topological polar surface area (TPSA) is 73.9 Å². The van der Waals surface area contributed by atoms with E-state index in [2.05, 4.69) is 33.4 Å². The van der Waals surface area contributed by atoms with E-state index in [0.29, 0.717) is 16.8 Å². The molecule has 0 bridgehead atoms. The molecule has 1 unspecified atom stereocenters. The Kier molecular flexibility index (Phi) is 10.2. The molecule has 5 rings (SSSR count). The minimum atomic E-state index is -0.200. The van der Waals surface area contributed by atoms with Gasteiger partial charge in [0.15, 0.2) is 0 Å². The number of unbranched alkanes of at least 4 members (excludes halogenated alkanes) is 1. The molecule has 44 heavy (non-hydrogen) atoms. The standard InChI is InChI=1S/C37H42N4O3/c1-4-5-11-28-16-18-30(19-17-28)36(42)39-31-20-21-33(32(26-31)37(43)38-27(2)29-12-7-6-8-13-29)40-22-24-41(25-23-40)34-14-9-10-15-35(34)44-3/h6-10,12-21,26-27H,4-5,11,22-25H2,1-3H3,(H,38,43)(H,39,42). The van der Waals surface area contributed by atoms with Crippen LogP contribution in [0.1, 0.15) is 64.6 Å². The maximum absolute atomic E-state index is 13.8. The lowest BCUT2D eigenvalue weighted by Crippen LogP contribution is -2.47. The van der Waals surface area contributed by atoms with Gasteiger partial charge in [-0.1, -0.05) is 67.9 Å². The van der Waals surface area contributed by atoms with Crippen molar-refractivity contribution in [1.82, 2.24) is 5.32 Å². The summed E-state index contributed by atoms with van der Waals surface area (Å²) in [7, 11) is 1.69. The first-order chi connectivity index (χ1) is 21.5. The van der Waals surface area contributed by atoms with Gasteiger partial charge in [0.1, 0.15) is 5.75 Å². The SMILES string of the molecule is CCCCc1ccc(C(=O)Nc2ccc(N3CCN(c4ccccc4OC)CC3)c(C(=O)NC(C)c3ccccc3)c2)cc1. The number of hydrogen-bond donors (Lipinski definition) is 2. The number of benzene rings is 4. The zero-order valence-electron chi connectivity index (χ0n) is 25.9. The molecule has 1 fully saturated rings. The Morgan fingerprint density at radius 1 is 0.795 bits per heavy atom. The Hall–Kier alpha value is -4.78. The molecule has 2 amide bonds. The largest absolute Gasteiger partial charge is 0.495 e. The number of para-hydroxylation sites is 2. The number of carbonyl (C=O) groups is 2. The highest BCUT2D eigenvalue weighted by Gasteiger charge is 2.24. The molecule has 228 valence electrons. The lowest BCUT2D eigenvalue weighted by atomic mass is 10.0. The van der Waals surface area contributed by atoms with E-state index >= 15 is 0 Å². The van der Waals surface area contributed by atoms with Gasteiger partial charge in [0.2, 0.25) is 0 Å². The minimum Gasteiger partial charge on any atom is -0.495 e. The number of nitrogens with zero attached hydrogens (tertiary/aromatic N) is 2. The highest BCUT2D eigenvalue weighted by atomic mass is 16.5. The fraction of sp³-hybridized carbons (Fsp3) is 0.297. The molecule has 4 aromatic rings. The van der Waals surface area contributed by atoms with E-state index in [-0.39, 0.29) is 17.9 Å². The first kappa shape index (κ1) is 30.7. The molecular weight excluding hydrogens is 548 g/mol. The van der Waals surface area contributed by atoms with Crippen molar-refractivity contribution in [1.29, 1.82) is 0 Å². The summed E-state index contributed by atoms with van der Waals surface area (Å²) in [6.45, 7) is 7.20. The van der Waals surface area contributed by atoms with Gasteiger partial charge in [-0.2, -0.15) is 0 Å². The van der Waals surface area contributed by atoms with E-state index in [1.165, 1.54) is 5.56 Å². The van der Waals surface area contributed by atoms with Crippen molar-refractivity contribution >= 4 is 28.9 Å². The van der Waals surface area contributed by atoms with Gasteiger partial charge in [-0.15, -0.1) is 0 Å². The smallest absolute Gasteiger partial charge is 0.255 e. The van der Waals surface area contributed by atoms with Gasteiger partial charge >= 0.3 is 0 Å². The third-order valence-electron chi connectivity index (χ3n) is 8.23. The maximum Gasteiger partial charge on any atom is 0.255 e. The third kappa shape index (κ3) is 7.40. The summed E-state index contributed by atoms with van der Waals surface area (Å²) in [6.07, 6.45) is 3.27. The van der Waals surface area contributed by atoms with Gasteiger partial charge in [0.25, 0.3) is 11.8 Å². The molecule has 0 radical (unpaired) electrons. The Morgan fingerprint density at radius 2 is 1.45 bits per heavy atom. The van der Waals surface area contributed by atoms with Crippen molar-refractivity contribution in [2.75, 3.05) is 48.4 Å². The molecule has 7 nitrogen and oxygen atoms in total. The van der Waals surface area contributed by atoms with Crippen LogP contribution in [-0.2, 0) is 6.42 Å². The molecule has 1 saturated heterocycles. The highest BCUT2D eigenvalue weighted by molar-refractivity contribution is 6.06. The molecule has 1 atom stereocenters. The molecule has 1 heterocycles. The molecule has 1 aliphatic heterocycles. The van der Waals surface area contributed by atoms with Crippen LogP contribution in [0.5, 0.6) is 5.75 Å². The number of methoxy groups -OCH3 is 1. The maximum atomic E-state index is 13.8. The van der Waals surface area contributed by atoms with Crippen LogP contribution in [0.4, 0.5) is 17.1 Å². The normalized spacial score (nSPS) is 13.7. The number of amides is 2. The van der Waals surface area contributed by atoms with Gasteiger partial charge in [-0.25, -0.2) is 0 Å². The zero-order valence-corrected chi connectivity index (χ0v) is 25.9. The molecular formula is C37H42N4O3. The number of ether oxygens (including phenoxy) is 1. The second kappa shape index (κ2) is 14.6. The van der Waals surface area contributed by atoms with Gasteiger partial charge in [0.05, 0.1) is 24.4 Å². The first-order valence-electron chi connectivity index (χ1n) is 15.5. The van der Waals surface area contributed by atoms with E-state index in [1.54, 1.807) is 13.2 Å². The van der Waals surface area contributed by atoms with Crippen molar-refractivity contribution in [2.24, 2.45) is 0 Å². The highest BCUT2D eigenvalue weighted by Crippen LogP contribution is 2.31. The Morgan fingerprint density at radius 3 is 2.14 bits per heavy atom. The molecule has 2 N–H and O–H groups in total. The number of nitrogens with one attached hydrogen (secondary N) is 2. The molecule has 4 aromatic carbocycles. The predicted octanol–water partition coefficient (Wildman–Crippen LogP) is 7.11. The van der Waals surface area contributed by atoms with E-state index in [4.69, 9.17) is 4.74 Å². The van der Waals surface area contributed by atoms with Crippen LogP contribution in [0.3, 0.4) is 0 Å². The number of hydrogen-bond acceptors (Lipinski definition) is 5. The third-order valence-corrected chi connectivity index (χ3v) is 8.23. The van der Waals surface area contributed by atoms with Gasteiger partial charge in [-0.3, -0.25) is 9.59 Å². The summed E-state index contributed by atoms with van der Waals surface area (Å²) < 4.78 is 5.59. The summed E-state index contributed by atoms with van der Waals surface area (Å²) in [6, 6.07) is 31.2. The van der Waals surface area contributed by atoms with E-state index in [9.17, 15) is 9.59 Å². The molecule has 0 spiro atoms. The summed E-state index contributed by atoms with van der Waals surface area (Å²) in [4.78, 5) is 31.5. The zero-order chi connectivity index (χ0) is 30.9. The van der Waals surface area contributed by atoms with Crippen molar-refractivity contribution in [3.8, 4) is 5.75 Å². The van der Waals surface area contributed by atoms with Crippen LogP contribution in [0.25, 0.3) is 0 Å². The Labute approximate surface area is 260 Å². The number of anilines is 3. The Bertz CT molecular complexity index is 1550. The fourth-order valence-corrected chi connectivity index (χ4v) is 5.66. The molecule has 0 aromatic heterocycles. The van der Waals surface area contributed by atoms with E-state index < -0.39 is 0 Å². The molecule has 7 heteroatoms. The van der Waals surface area contributed by atoms with Crippen molar-refractivity contribution in [2.45, 2.75) is 39.2 Å². The minimum absolute atomic E-state index is 0.177. The monoisotopic (exact) mass is 590 g/mol. The summed E-state index contributed by atoms with van der Waals surface area (Å²) >= 11 is 0. The van der Waals surface area contributed by atoms with Crippen LogP contribution in [-0.4, -0.2) is 45.1 Å².